The minimum absolute atomic E-state index is 0.120. The van der Waals surface area contributed by atoms with E-state index in [0.29, 0.717) is 0 Å². The molecule has 1 unspecified atom stereocenters. The Kier molecular flexibility index (Phi) is 4.46. The van der Waals surface area contributed by atoms with Crippen LogP contribution in [0.5, 0.6) is 0 Å². The predicted molar refractivity (Wildman–Crippen MR) is 39.3 cm³/mol. The lowest BCUT2D eigenvalue weighted by atomic mass is 10.3. The van der Waals surface area contributed by atoms with Crippen LogP contribution in [0.3, 0.4) is 0 Å². The Balaban J connectivity index is 4.25. The van der Waals surface area contributed by atoms with Gasteiger partial charge in [-0.25, -0.2) is 8.78 Å². The molecule has 0 radical (unpaired) electrons. The smallest absolute Gasteiger partial charge is 0.347 e. The van der Waals surface area contributed by atoms with E-state index in [1.807, 2.05) is 0 Å². The zero-order valence-corrected chi connectivity index (χ0v) is 7.42. The van der Waals surface area contributed by atoms with E-state index < -0.39 is 24.3 Å². The molecule has 2 nitrogen and oxygen atoms in total. The van der Waals surface area contributed by atoms with Crippen LogP contribution in [0.2, 0.25) is 0 Å². The fraction of sp³-hybridized carbons (Fsp3) is 0.833. The van der Waals surface area contributed by atoms with Crippen LogP contribution in [0.1, 0.15) is 6.92 Å². The number of rotatable bonds is 4. The van der Waals surface area contributed by atoms with Crippen LogP contribution in [0.25, 0.3) is 0 Å². The van der Waals surface area contributed by atoms with E-state index in [1.54, 1.807) is 5.32 Å². The average molecular weight is 222 g/mol. The minimum atomic E-state index is -4.65. The van der Waals surface area contributed by atoms with E-state index in [9.17, 15) is 22.4 Å². The molecule has 7 heteroatoms. The number of nitrogens with one attached hydrogen (secondary N) is 1. The Labute approximate surface area is 77.2 Å². The average Bonchev–Trinajstić information content (AvgIpc) is 2.03. The molecule has 1 amide bonds. The Morgan fingerprint density at radius 2 is 2.00 bits per heavy atom. The summed E-state index contributed by atoms with van der Waals surface area (Å²) in [5.41, 5.74) is 0. The molecule has 0 spiro atoms. The molecule has 78 valence electrons. The zero-order valence-electron chi connectivity index (χ0n) is 6.66. The van der Waals surface area contributed by atoms with E-state index >= 15 is 0 Å². The number of halogens is 5. The molecular formula is C6H8ClF4NO. The first kappa shape index (κ1) is 12.5. The first-order chi connectivity index (χ1) is 5.82. The van der Waals surface area contributed by atoms with Crippen LogP contribution in [-0.4, -0.2) is 30.2 Å². The first-order valence-electron chi connectivity index (χ1n) is 3.35. The van der Waals surface area contributed by atoms with Crippen LogP contribution in [0, 0.1) is 0 Å². The Bertz CT molecular complexity index is 187. The lowest BCUT2D eigenvalue weighted by Crippen LogP contribution is -2.48. The van der Waals surface area contributed by atoms with Gasteiger partial charge in [0.1, 0.15) is 0 Å². The third-order valence-electron chi connectivity index (χ3n) is 1.19. The maximum atomic E-state index is 12.2. The number of carbonyl (C=O) groups is 1. The van der Waals surface area contributed by atoms with Crippen LogP contribution in [0.4, 0.5) is 17.6 Å². The molecule has 0 saturated heterocycles. The van der Waals surface area contributed by atoms with Crippen LogP contribution in [-0.2, 0) is 4.79 Å². The quantitative estimate of drug-likeness (QED) is 0.567. The van der Waals surface area contributed by atoms with Gasteiger partial charge in [-0.05, 0) is 6.92 Å². The molecule has 0 fully saturated rings. The number of hydrogen-bond donors (Lipinski definition) is 1. The topological polar surface area (TPSA) is 29.1 Å². The molecule has 0 aliphatic rings. The highest BCUT2D eigenvalue weighted by atomic mass is 35.5. The lowest BCUT2D eigenvalue weighted by molar-refractivity contribution is -0.169. The van der Waals surface area contributed by atoms with Gasteiger partial charge in [0.05, 0.1) is 0 Å². The van der Waals surface area contributed by atoms with Gasteiger partial charge in [-0.15, -0.1) is 11.6 Å². The van der Waals surface area contributed by atoms with E-state index in [2.05, 4.69) is 0 Å². The molecular weight excluding hydrogens is 214 g/mol. The predicted octanol–water partition coefficient (Wildman–Crippen LogP) is 1.63. The van der Waals surface area contributed by atoms with Gasteiger partial charge >= 0.3 is 12.3 Å². The fourth-order valence-corrected chi connectivity index (χ4v) is 0.535. The van der Waals surface area contributed by atoms with Crippen molar-refractivity contribution in [1.82, 2.24) is 5.32 Å². The molecule has 0 rings (SSSR count). The monoisotopic (exact) mass is 221 g/mol. The summed E-state index contributed by atoms with van der Waals surface area (Å²) in [4.78, 5) is 10.5. The highest BCUT2D eigenvalue weighted by Gasteiger charge is 2.49. The van der Waals surface area contributed by atoms with Crippen molar-refractivity contribution in [3.05, 3.63) is 0 Å². The van der Waals surface area contributed by atoms with Crippen LogP contribution >= 0.6 is 11.6 Å². The van der Waals surface area contributed by atoms with Crippen molar-refractivity contribution >= 4 is 17.5 Å². The second kappa shape index (κ2) is 4.64. The van der Waals surface area contributed by atoms with Crippen molar-refractivity contribution in [2.75, 3.05) is 5.88 Å². The first-order valence-corrected chi connectivity index (χ1v) is 3.88. The van der Waals surface area contributed by atoms with E-state index in [0.717, 1.165) is 0 Å². The summed E-state index contributed by atoms with van der Waals surface area (Å²) < 4.78 is 47.6. The van der Waals surface area contributed by atoms with Crippen LogP contribution < -0.4 is 5.32 Å². The van der Waals surface area contributed by atoms with Gasteiger partial charge in [0.25, 0.3) is 5.91 Å². The summed E-state index contributed by atoms with van der Waals surface area (Å²) in [6, 6.07) is -0.765. The van der Waals surface area contributed by atoms with Crippen molar-refractivity contribution < 1.29 is 22.4 Å². The van der Waals surface area contributed by atoms with E-state index in [1.165, 1.54) is 6.92 Å². The summed E-state index contributed by atoms with van der Waals surface area (Å²) >= 11 is 5.18. The lowest BCUT2D eigenvalue weighted by Gasteiger charge is -2.17. The highest BCUT2D eigenvalue weighted by Crippen LogP contribution is 2.22. The van der Waals surface area contributed by atoms with Gasteiger partial charge in [0, 0.05) is 11.9 Å². The molecule has 0 aromatic carbocycles. The Morgan fingerprint density at radius 1 is 1.54 bits per heavy atom. The Morgan fingerprint density at radius 3 is 2.31 bits per heavy atom. The second-order valence-corrected chi connectivity index (χ2v) is 2.76. The molecule has 0 saturated carbocycles. The van der Waals surface area contributed by atoms with Gasteiger partial charge in [-0.1, -0.05) is 0 Å². The standard InChI is InChI=1S/C6H8ClF4NO/c1-3(2-7)12-5(13)6(10,11)4(8)9/h3-4H,2H2,1H3,(H,12,13). The third kappa shape index (κ3) is 3.38. The second-order valence-electron chi connectivity index (χ2n) is 2.45. The van der Waals surface area contributed by atoms with Gasteiger partial charge in [0.2, 0.25) is 0 Å². The van der Waals surface area contributed by atoms with Crippen molar-refractivity contribution in [2.24, 2.45) is 0 Å². The van der Waals surface area contributed by atoms with Crippen molar-refractivity contribution in [2.45, 2.75) is 25.3 Å². The fourth-order valence-electron chi connectivity index (χ4n) is 0.458. The van der Waals surface area contributed by atoms with Gasteiger partial charge < -0.3 is 5.32 Å². The van der Waals surface area contributed by atoms with Crippen LogP contribution in [0.15, 0.2) is 0 Å². The molecule has 13 heavy (non-hydrogen) atoms. The number of hydrogen-bond acceptors (Lipinski definition) is 1. The van der Waals surface area contributed by atoms with Gasteiger partial charge in [-0.2, -0.15) is 8.78 Å². The summed E-state index contributed by atoms with van der Waals surface area (Å²) in [6.45, 7) is 1.33. The molecule has 0 aliphatic heterocycles. The SMILES string of the molecule is CC(CCl)NC(=O)C(F)(F)C(F)F. The Hall–Kier alpha value is -0.520. The molecule has 0 aliphatic carbocycles. The highest BCUT2D eigenvalue weighted by molar-refractivity contribution is 6.18. The number of alkyl halides is 5. The van der Waals surface area contributed by atoms with Gasteiger partial charge in [-0.3, -0.25) is 4.79 Å². The van der Waals surface area contributed by atoms with Crippen molar-refractivity contribution in [3.8, 4) is 0 Å². The molecule has 0 heterocycles. The zero-order chi connectivity index (χ0) is 10.6. The van der Waals surface area contributed by atoms with E-state index in [-0.39, 0.29) is 5.88 Å². The molecule has 1 N–H and O–H groups in total. The van der Waals surface area contributed by atoms with E-state index in [4.69, 9.17) is 11.6 Å². The maximum absolute atomic E-state index is 12.2. The molecule has 0 bridgehead atoms. The van der Waals surface area contributed by atoms with Crippen molar-refractivity contribution in [3.63, 3.8) is 0 Å². The summed E-state index contributed by atoms with van der Waals surface area (Å²) in [7, 11) is 0. The number of carbonyl (C=O) groups excluding carboxylic acids is 1. The minimum Gasteiger partial charge on any atom is -0.347 e. The summed E-state index contributed by atoms with van der Waals surface area (Å²) in [5.74, 6) is -6.78. The summed E-state index contributed by atoms with van der Waals surface area (Å²) in [5, 5.41) is 1.65. The maximum Gasteiger partial charge on any atom is 0.383 e. The molecule has 0 aromatic heterocycles. The van der Waals surface area contributed by atoms with Crippen molar-refractivity contribution in [1.29, 1.82) is 0 Å². The molecule has 1 atom stereocenters. The molecule has 0 aromatic rings. The number of amides is 1. The summed E-state index contributed by atoms with van der Waals surface area (Å²) in [6.07, 6.45) is -4.00. The largest absolute Gasteiger partial charge is 0.383 e. The third-order valence-corrected chi connectivity index (χ3v) is 1.65. The normalized spacial score (nSPS) is 14.4. The van der Waals surface area contributed by atoms with Gasteiger partial charge in [0.15, 0.2) is 0 Å².